The summed E-state index contributed by atoms with van der Waals surface area (Å²) >= 11 is 1.66. The molecule has 1 aliphatic heterocycles. The van der Waals surface area contributed by atoms with Gasteiger partial charge in [-0.15, -0.1) is 11.3 Å². The predicted octanol–water partition coefficient (Wildman–Crippen LogP) is 2.91. The van der Waals surface area contributed by atoms with Crippen LogP contribution >= 0.6 is 11.3 Å². The van der Waals surface area contributed by atoms with Gasteiger partial charge in [-0.3, -0.25) is 0 Å². The minimum absolute atomic E-state index is 0.0290. The largest absolute Gasteiger partial charge is 0.473 e. The third kappa shape index (κ3) is 4.05. The summed E-state index contributed by atoms with van der Waals surface area (Å²) in [5.41, 5.74) is 0.950. The second-order valence-corrected chi connectivity index (χ2v) is 6.40. The molecule has 2 atom stereocenters. The van der Waals surface area contributed by atoms with Gasteiger partial charge in [0.2, 0.25) is 0 Å². The molecule has 23 heavy (non-hydrogen) atoms. The van der Waals surface area contributed by atoms with E-state index in [9.17, 15) is 4.39 Å². The average Bonchev–Trinajstić information content (AvgIpc) is 2.97. The van der Waals surface area contributed by atoms with Crippen molar-refractivity contribution in [1.82, 2.24) is 5.32 Å². The Balaban J connectivity index is 0.000000277. The van der Waals surface area contributed by atoms with Gasteiger partial charge in [0.1, 0.15) is 5.82 Å². The number of rotatable bonds is 1. The van der Waals surface area contributed by atoms with Crippen LogP contribution in [-0.4, -0.2) is 35.2 Å². The molecule has 0 spiro atoms. The molecule has 1 aromatic carbocycles. The number of carbonyl (C=O) groups is 2. The SMILES string of the molecule is CC1CNCCC1c1c(F)ccc2ccsc12.O=C(O)C(=O)O. The van der Waals surface area contributed by atoms with Crippen molar-refractivity contribution in [2.24, 2.45) is 5.92 Å². The van der Waals surface area contributed by atoms with E-state index in [4.69, 9.17) is 19.8 Å². The highest BCUT2D eigenvalue weighted by atomic mass is 32.1. The summed E-state index contributed by atoms with van der Waals surface area (Å²) in [5, 5.41) is 21.4. The number of carboxylic acids is 2. The molecule has 3 rings (SSSR count). The van der Waals surface area contributed by atoms with Crippen molar-refractivity contribution in [1.29, 1.82) is 0 Å². The number of piperidine rings is 1. The van der Waals surface area contributed by atoms with E-state index in [1.165, 1.54) is 5.39 Å². The molecule has 7 heteroatoms. The first kappa shape index (κ1) is 17.4. The van der Waals surface area contributed by atoms with Crippen molar-refractivity contribution in [3.05, 3.63) is 35.0 Å². The second kappa shape index (κ2) is 7.52. The molecule has 5 nitrogen and oxygen atoms in total. The number of hydrogen-bond acceptors (Lipinski definition) is 4. The van der Waals surface area contributed by atoms with Crippen LogP contribution < -0.4 is 5.32 Å². The number of aliphatic carboxylic acids is 2. The first-order valence-electron chi connectivity index (χ1n) is 7.24. The Bertz CT molecular complexity index is 703. The maximum Gasteiger partial charge on any atom is 0.414 e. The van der Waals surface area contributed by atoms with Gasteiger partial charge in [0.15, 0.2) is 0 Å². The van der Waals surface area contributed by atoms with Crippen molar-refractivity contribution in [3.8, 4) is 0 Å². The van der Waals surface area contributed by atoms with Crippen LogP contribution in [0.5, 0.6) is 0 Å². The Kier molecular flexibility index (Phi) is 5.68. The van der Waals surface area contributed by atoms with Crippen LogP contribution in [0.3, 0.4) is 0 Å². The number of thiophene rings is 1. The van der Waals surface area contributed by atoms with E-state index in [0.29, 0.717) is 11.8 Å². The highest BCUT2D eigenvalue weighted by molar-refractivity contribution is 7.17. The van der Waals surface area contributed by atoms with E-state index in [1.807, 2.05) is 6.07 Å². The van der Waals surface area contributed by atoms with Gasteiger partial charge in [-0.25, -0.2) is 14.0 Å². The summed E-state index contributed by atoms with van der Waals surface area (Å²) in [5.74, 6) is -2.81. The smallest absolute Gasteiger partial charge is 0.414 e. The van der Waals surface area contributed by atoms with Gasteiger partial charge in [-0.2, -0.15) is 0 Å². The molecule has 2 aromatic rings. The molecule has 0 bridgehead atoms. The zero-order chi connectivity index (χ0) is 17.0. The van der Waals surface area contributed by atoms with Crippen molar-refractivity contribution in [2.45, 2.75) is 19.3 Å². The van der Waals surface area contributed by atoms with Crippen LogP contribution in [0, 0.1) is 11.7 Å². The fourth-order valence-electron chi connectivity index (χ4n) is 2.82. The normalized spacial score (nSPS) is 20.6. The summed E-state index contributed by atoms with van der Waals surface area (Å²) in [6, 6.07) is 5.59. The molecule has 124 valence electrons. The van der Waals surface area contributed by atoms with Gasteiger partial charge in [0.05, 0.1) is 0 Å². The molecule has 2 heterocycles. The van der Waals surface area contributed by atoms with Crippen LogP contribution in [0.1, 0.15) is 24.8 Å². The van der Waals surface area contributed by atoms with Gasteiger partial charge < -0.3 is 15.5 Å². The van der Waals surface area contributed by atoms with Crippen LogP contribution in [0.15, 0.2) is 23.6 Å². The minimum atomic E-state index is -1.82. The standard InChI is InChI=1S/C14H16FNS.C2H2O4/c1-9-8-16-6-4-11(9)13-12(15)3-2-10-5-7-17-14(10)13;3-1(4)2(5)6/h2-3,5,7,9,11,16H,4,6,8H2,1H3;(H,3,4)(H,5,6). The van der Waals surface area contributed by atoms with E-state index < -0.39 is 11.9 Å². The van der Waals surface area contributed by atoms with Crippen LogP contribution in [0.25, 0.3) is 10.1 Å². The lowest BCUT2D eigenvalue weighted by molar-refractivity contribution is -0.159. The predicted molar refractivity (Wildman–Crippen MR) is 86.4 cm³/mol. The molecule has 3 N–H and O–H groups in total. The van der Waals surface area contributed by atoms with Crippen LogP contribution in [0.2, 0.25) is 0 Å². The first-order valence-corrected chi connectivity index (χ1v) is 8.12. The summed E-state index contributed by atoms with van der Waals surface area (Å²) in [6.45, 7) is 4.20. The zero-order valence-corrected chi connectivity index (χ0v) is 13.4. The van der Waals surface area contributed by atoms with Gasteiger partial charge in [-0.1, -0.05) is 13.0 Å². The third-order valence-electron chi connectivity index (χ3n) is 3.95. The van der Waals surface area contributed by atoms with Gasteiger partial charge >= 0.3 is 11.9 Å². The maximum absolute atomic E-state index is 14.1. The molecular formula is C16H18FNO4S. The van der Waals surface area contributed by atoms with E-state index in [1.54, 1.807) is 17.4 Å². The minimum Gasteiger partial charge on any atom is -0.473 e. The first-order chi connectivity index (χ1) is 10.9. The van der Waals surface area contributed by atoms with E-state index in [2.05, 4.69) is 23.7 Å². The molecular weight excluding hydrogens is 321 g/mol. The Morgan fingerprint density at radius 1 is 1.26 bits per heavy atom. The highest BCUT2D eigenvalue weighted by Crippen LogP contribution is 2.38. The van der Waals surface area contributed by atoms with Crippen molar-refractivity contribution in [2.75, 3.05) is 13.1 Å². The van der Waals surface area contributed by atoms with Crippen molar-refractivity contribution >= 4 is 33.4 Å². The maximum atomic E-state index is 14.1. The number of carboxylic acid groups (broad SMARTS) is 2. The monoisotopic (exact) mass is 339 g/mol. The Labute approximate surface area is 136 Å². The Morgan fingerprint density at radius 2 is 1.96 bits per heavy atom. The number of nitrogens with one attached hydrogen (secondary N) is 1. The molecule has 0 aliphatic carbocycles. The molecule has 2 unspecified atom stereocenters. The van der Waals surface area contributed by atoms with E-state index >= 15 is 0 Å². The van der Waals surface area contributed by atoms with Crippen LogP contribution in [0.4, 0.5) is 4.39 Å². The molecule has 1 fully saturated rings. The third-order valence-corrected chi connectivity index (χ3v) is 4.91. The lowest BCUT2D eigenvalue weighted by Crippen LogP contribution is -2.34. The average molecular weight is 339 g/mol. The number of halogens is 1. The van der Waals surface area contributed by atoms with Gasteiger partial charge in [0.25, 0.3) is 0 Å². The Morgan fingerprint density at radius 3 is 2.57 bits per heavy atom. The number of hydrogen-bond donors (Lipinski definition) is 3. The zero-order valence-electron chi connectivity index (χ0n) is 12.6. The van der Waals surface area contributed by atoms with E-state index in [-0.39, 0.29) is 5.82 Å². The van der Waals surface area contributed by atoms with Crippen molar-refractivity contribution in [3.63, 3.8) is 0 Å². The molecule has 0 radical (unpaired) electrons. The number of benzene rings is 1. The summed E-state index contributed by atoms with van der Waals surface area (Å²) in [7, 11) is 0. The molecule has 1 aliphatic rings. The lowest BCUT2D eigenvalue weighted by atomic mass is 9.82. The molecule has 1 saturated heterocycles. The fraction of sp³-hybridized carbons (Fsp3) is 0.375. The van der Waals surface area contributed by atoms with Gasteiger partial charge in [0, 0.05) is 10.3 Å². The quantitative estimate of drug-likeness (QED) is 0.696. The molecule has 1 aromatic heterocycles. The summed E-state index contributed by atoms with van der Waals surface area (Å²) in [6.07, 6.45) is 1.04. The summed E-state index contributed by atoms with van der Waals surface area (Å²) in [4.78, 5) is 18.2. The second-order valence-electron chi connectivity index (χ2n) is 5.49. The highest BCUT2D eigenvalue weighted by Gasteiger charge is 2.27. The Hall–Kier alpha value is -1.99. The molecule has 0 saturated carbocycles. The topological polar surface area (TPSA) is 86.6 Å². The summed E-state index contributed by atoms with van der Waals surface area (Å²) < 4.78 is 15.3. The van der Waals surface area contributed by atoms with E-state index in [0.717, 1.165) is 29.8 Å². The van der Waals surface area contributed by atoms with Crippen LogP contribution in [-0.2, 0) is 9.59 Å². The molecule has 0 amide bonds. The number of fused-ring (bicyclic) bond motifs is 1. The van der Waals surface area contributed by atoms with Crippen molar-refractivity contribution < 1.29 is 24.2 Å². The fourth-order valence-corrected chi connectivity index (χ4v) is 3.82. The van der Waals surface area contributed by atoms with Gasteiger partial charge in [-0.05, 0) is 54.2 Å². The lowest BCUT2D eigenvalue weighted by Gasteiger charge is -2.30.